The van der Waals surface area contributed by atoms with Gasteiger partial charge in [0, 0.05) is 47.6 Å². The minimum atomic E-state index is -0.335. The van der Waals surface area contributed by atoms with E-state index in [1.807, 2.05) is 23.5 Å². The van der Waals surface area contributed by atoms with Crippen LogP contribution in [0.1, 0.15) is 22.9 Å². The number of para-hydroxylation sites is 1. The minimum absolute atomic E-state index is 0.335. The first-order chi connectivity index (χ1) is 27.7. The van der Waals surface area contributed by atoms with Crippen molar-refractivity contribution in [2.75, 3.05) is 0 Å². The Bertz CT molecular complexity index is 3460. The molecule has 0 saturated carbocycles. The third-order valence-electron chi connectivity index (χ3n) is 11.3. The molecule has 1 N–H and O–H groups in total. The fourth-order valence-electron chi connectivity index (χ4n) is 8.72. The Kier molecular flexibility index (Phi) is 6.83. The van der Waals surface area contributed by atoms with Crippen LogP contribution in [0.3, 0.4) is 0 Å². The number of benzene rings is 9. The molecule has 9 aromatic carbocycles. The predicted molar refractivity (Wildman–Crippen MR) is 236 cm³/mol. The molecule has 5 heteroatoms. The van der Waals surface area contributed by atoms with Crippen molar-refractivity contribution in [3.63, 3.8) is 0 Å². The molecule has 1 unspecified atom stereocenters. The average Bonchev–Trinajstić information content (AvgIpc) is 3.86. The summed E-state index contributed by atoms with van der Waals surface area (Å²) >= 11 is 1.85. The van der Waals surface area contributed by atoms with Gasteiger partial charge in [-0.15, -0.1) is 11.3 Å². The first kappa shape index (κ1) is 31.3. The highest BCUT2D eigenvalue weighted by Crippen LogP contribution is 2.46. The van der Waals surface area contributed by atoms with Crippen LogP contribution in [0, 0.1) is 0 Å². The van der Waals surface area contributed by atoms with Gasteiger partial charge in [-0.25, -0.2) is 9.98 Å². The van der Waals surface area contributed by atoms with E-state index in [1.165, 1.54) is 47.1 Å². The molecule has 1 aliphatic heterocycles. The Morgan fingerprint density at radius 1 is 0.482 bits per heavy atom. The summed E-state index contributed by atoms with van der Waals surface area (Å²) < 4.78 is 9.43. The topological polar surface area (TPSA) is 49.9 Å². The average molecular weight is 734 g/mol. The van der Waals surface area contributed by atoms with Gasteiger partial charge in [0.15, 0.2) is 5.84 Å². The molecule has 0 aliphatic carbocycles. The molecule has 0 bridgehead atoms. The highest BCUT2D eigenvalue weighted by atomic mass is 32.1. The molecule has 12 rings (SSSR count). The van der Waals surface area contributed by atoms with Crippen molar-refractivity contribution in [3.8, 4) is 11.1 Å². The summed E-state index contributed by atoms with van der Waals surface area (Å²) in [5.41, 5.74) is 6.92. The number of fused-ring (bicyclic) bond motifs is 11. The molecule has 0 amide bonds. The van der Waals surface area contributed by atoms with Crippen molar-refractivity contribution in [2.24, 2.45) is 9.98 Å². The number of nitrogens with one attached hydrogen (secondary N) is 1. The third-order valence-corrected chi connectivity index (χ3v) is 12.4. The molecule has 3 heterocycles. The maximum Gasteiger partial charge on any atom is 0.159 e. The number of hydrogen-bond acceptors (Lipinski definition) is 5. The van der Waals surface area contributed by atoms with Gasteiger partial charge in [-0.1, -0.05) is 140 Å². The maximum absolute atomic E-state index is 6.89. The van der Waals surface area contributed by atoms with Crippen LogP contribution in [0.5, 0.6) is 0 Å². The second-order valence-electron chi connectivity index (χ2n) is 14.5. The van der Waals surface area contributed by atoms with Crippen molar-refractivity contribution in [2.45, 2.75) is 6.17 Å². The van der Waals surface area contributed by atoms with Gasteiger partial charge in [0.1, 0.15) is 23.2 Å². The Morgan fingerprint density at radius 2 is 1.18 bits per heavy atom. The largest absolute Gasteiger partial charge is 0.455 e. The Morgan fingerprint density at radius 3 is 2.07 bits per heavy atom. The molecule has 11 aromatic rings. The van der Waals surface area contributed by atoms with Crippen LogP contribution in [0.15, 0.2) is 190 Å². The molecule has 4 nitrogen and oxygen atoms in total. The van der Waals surface area contributed by atoms with E-state index in [1.54, 1.807) is 0 Å². The number of thiophene rings is 1. The van der Waals surface area contributed by atoms with E-state index in [2.05, 4.69) is 169 Å². The normalized spacial score (nSPS) is 14.6. The number of nitrogens with zero attached hydrogens (tertiary/aromatic N) is 2. The van der Waals surface area contributed by atoms with Crippen molar-refractivity contribution < 1.29 is 4.42 Å². The highest BCUT2D eigenvalue weighted by molar-refractivity contribution is 7.26. The summed E-state index contributed by atoms with van der Waals surface area (Å²) in [5.74, 6) is 1.45. The number of amidine groups is 2. The molecule has 0 fully saturated rings. The van der Waals surface area contributed by atoms with E-state index in [0.29, 0.717) is 5.84 Å². The fourth-order valence-corrected chi connectivity index (χ4v) is 9.87. The SMILES string of the molecule is c1ccc(C2N=C(c3ccc4c(ccc5ccccc54)c3)N=C(c3ccc(-c4cccc5sc6ccc7ccccc7c6c45)c4oc5ccccc5c34)N2)cc1. The van der Waals surface area contributed by atoms with Gasteiger partial charge in [0.25, 0.3) is 0 Å². The van der Waals surface area contributed by atoms with E-state index in [-0.39, 0.29) is 6.17 Å². The lowest BCUT2D eigenvalue weighted by molar-refractivity contribution is 0.668. The number of furan rings is 1. The van der Waals surface area contributed by atoms with Gasteiger partial charge in [-0.2, -0.15) is 0 Å². The van der Waals surface area contributed by atoms with Crippen molar-refractivity contribution >= 4 is 97.4 Å². The molecule has 56 heavy (non-hydrogen) atoms. The molecular formula is C51H31N3OS. The maximum atomic E-state index is 6.89. The van der Waals surface area contributed by atoms with E-state index in [4.69, 9.17) is 14.4 Å². The van der Waals surface area contributed by atoms with Crippen LogP contribution in [0.4, 0.5) is 0 Å². The number of aliphatic imine (C=N–C) groups is 2. The number of hydrogen-bond donors (Lipinski definition) is 1. The first-order valence-corrected chi connectivity index (χ1v) is 19.7. The quantitative estimate of drug-likeness (QED) is 0.183. The Hall–Kier alpha value is -7.08. The van der Waals surface area contributed by atoms with E-state index in [9.17, 15) is 0 Å². The molecule has 0 saturated heterocycles. The van der Waals surface area contributed by atoms with Gasteiger partial charge in [0.2, 0.25) is 0 Å². The summed E-state index contributed by atoms with van der Waals surface area (Å²) in [6, 6.07) is 62.5. The van der Waals surface area contributed by atoms with Crippen molar-refractivity contribution in [1.29, 1.82) is 0 Å². The van der Waals surface area contributed by atoms with Gasteiger partial charge in [0.05, 0.1) is 0 Å². The zero-order valence-electron chi connectivity index (χ0n) is 30.0. The van der Waals surface area contributed by atoms with Gasteiger partial charge < -0.3 is 9.73 Å². The lowest BCUT2D eigenvalue weighted by atomic mass is 9.93. The van der Waals surface area contributed by atoms with E-state index >= 15 is 0 Å². The Labute approximate surface area is 325 Å². The second kappa shape index (κ2) is 12.2. The molecule has 1 aliphatic rings. The lowest BCUT2D eigenvalue weighted by Gasteiger charge is -2.24. The second-order valence-corrected chi connectivity index (χ2v) is 15.6. The van der Waals surface area contributed by atoms with E-state index in [0.717, 1.165) is 61.0 Å². The summed E-state index contributed by atoms with van der Waals surface area (Å²) in [6.45, 7) is 0. The van der Waals surface area contributed by atoms with Crippen molar-refractivity contribution in [3.05, 3.63) is 193 Å². The first-order valence-electron chi connectivity index (χ1n) is 18.9. The van der Waals surface area contributed by atoms with Gasteiger partial charge in [-0.05, 0) is 79.8 Å². The monoisotopic (exact) mass is 733 g/mol. The van der Waals surface area contributed by atoms with Crippen LogP contribution < -0.4 is 5.32 Å². The summed E-state index contributed by atoms with van der Waals surface area (Å²) in [4.78, 5) is 10.6. The Balaban J connectivity index is 1.09. The predicted octanol–water partition coefficient (Wildman–Crippen LogP) is 13.6. The number of rotatable bonds is 4. The van der Waals surface area contributed by atoms with Crippen LogP contribution in [-0.4, -0.2) is 11.7 Å². The fraction of sp³-hybridized carbons (Fsp3) is 0.0196. The molecular weight excluding hydrogens is 703 g/mol. The molecule has 0 spiro atoms. The zero-order valence-corrected chi connectivity index (χ0v) is 30.8. The van der Waals surface area contributed by atoms with Crippen LogP contribution in [0.25, 0.3) is 85.6 Å². The summed E-state index contributed by atoms with van der Waals surface area (Å²) in [5, 5.41) is 15.7. The summed E-state index contributed by atoms with van der Waals surface area (Å²) in [7, 11) is 0. The molecule has 1 atom stereocenters. The van der Waals surface area contributed by atoms with Crippen molar-refractivity contribution in [1.82, 2.24) is 5.32 Å². The van der Waals surface area contributed by atoms with Crippen LogP contribution >= 0.6 is 11.3 Å². The van der Waals surface area contributed by atoms with Crippen LogP contribution in [0.2, 0.25) is 0 Å². The standard InChI is InChI=1S/C51H31N3OS/c1-2-13-32(14-3-1)49-52-50(34-23-25-36-33(29-34)22-21-30-11-4-6-15-35(30)36)54-51(53-49)41-27-26-39(48-45(41)40-17-8-9-19-42(40)55-48)38-18-10-20-43-47(38)46-37-16-7-5-12-31(37)24-28-44(46)56-43/h1-29,49H,(H,52,53,54). The molecule has 2 aromatic heterocycles. The van der Waals surface area contributed by atoms with Crippen LogP contribution in [-0.2, 0) is 0 Å². The highest BCUT2D eigenvalue weighted by Gasteiger charge is 2.26. The van der Waals surface area contributed by atoms with Gasteiger partial charge >= 0.3 is 0 Å². The minimum Gasteiger partial charge on any atom is -0.455 e. The van der Waals surface area contributed by atoms with E-state index < -0.39 is 0 Å². The molecule has 0 radical (unpaired) electrons. The summed E-state index contributed by atoms with van der Waals surface area (Å²) in [6.07, 6.45) is -0.335. The smallest absolute Gasteiger partial charge is 0.159 e. The molecule has 262 valence electrons. The zero-order chi connectivity index (χ0) is 36.7. The lowest BCUT2D eigenvalue weighted by Crippen LogP contribution is -2.33. The third kappa shape index (κ3) is 4.78. The van der Waals surface area contributed by atoms with Gasteiger partial charge in [-0.3, -0.25) is 0 Å².